The Labute approximate surface area is 106 Å². The van der Waals surface area contributed by atoms with E-state index in [1.54, 1.807) is 12.4 Å². The Bertz CT molecular complexity index is 525. The Balaban J connectivity index is 2.22. The molecule has 0 fully saturated rings. The molecule has 2 heterocycles. The van der Waals surface area contributed by atoms with Gasteiger partial charge in [-0.2, -0.15) is 4.98 Å². The standard InChI is InChI=1S/C13H16N4O/c1-4-14-13-16-7-9(2)12(17-13)18-11-6-5-10(3)15-8-11/h5-8H,4H2,1-3H3,(H,14,16,17). The fraction of sp³-hybridized carbons (Fsp3) is 0.308. The molecule has 0 aliphatic heterocycles. The summed E-state index contributed by atoms with van der Waals surface area (Å²) in [5.74, 6) is 1.79. The molecule has 0 unspecified atom stereocenters. The molecule has 0 aliphatic carbocycles. The molecule has 5 heteroatoms. The van der Waals surface area contributed by atoms with Gasteiger partial charge in [-0.3, -0.25) is 4.98 Å². The number of aromatic nitrogens is 3. The summed E-state index contributed by atoms with van der Waals surface area (Å²) in [6, 6.07) is 3.77. The van der Waals surface area contributed by atoms with Gasteiger partial charge in [0, 0.05) is 24.0 Å². The van der Waals surface area contributed by atoms with Crippen LogP contribution in [0.1, 0.15) is 18.2 Å². The molecule has 0 atom stereocenters. The van der Waals surface area contributed by atoms with Gasteiger partial charge in [-0.05, 0) is 32.9 Å². The summed E-state index contributed by atoms with van der Waals surface area (Å²) in [7, 11) is 0. The molecule has 1 N–H and O–H groups in total. The number of pyridine rings is 1. The fourth-order valence-electron chi connectivity index (χ4n) is 1.40. The van der Waals surface area contributed by atoms with E-state index in [9.17, 15) is 0 Å². The minimum atomic E-state index is 0.548. The van der Waals surface area contributed by atoms with Crippen molar-refractivity contribution in [3.63, 3.8) is 0 Å². The normalized spacial score (nSPS) is 10.2. The number of hydrogen-bond donors (Lipinski definition) is 1. The first-order valence-corrected chi connectivity index (χ1v) is 5.87. The third-order valence-electron chi connectivity index (χ3n) is 2.36. The molecule has 0 saturated heterocycles. The molecule has 2 aromatic heterocycles. The van der Waals surface area contributed by atoms with Gasteiger partial charge >= 0.3 is 0 Å². The van der Waals surface area contributed by atoms with Crippen molar-refractivity contribution in [1.82, 2.24) is 15.0 Å². The Morgan fingerprint density at radius 1 is 1.17 bits per heavy atom. The van der Waals surface area contributed by atoms with Crippen molar-refractivity contribution < 1.29 is 4.74 Å². The van der Waals surface area contributed by atoms with Crippen molar-refractivity contribution in [2.24, 2.45) is 0 Å². The van der Waals surface area contributed by atoms with E-state index in [0.29, 0.717) is 17.6 Å². The Morgan fingerprint density at radius 2 is 2.00 bits per heavy atom. The molecular weight excluding hydrogens is 228 g/mol. The minimum Gasteiger partial charge on any atom is -0.437 e. The molecule has 0 bridgehead atoms. The molecule has 0 aromatic carbocycles. The number of nitrogens with zero attached hydrogens (tertiary/aromatic N) is 3. The van der Waals surface area contributed by atoms with Crippen LogP contribution in [0.25, 0.3) is 0 Å². The molecule has 94 valence electrons. The maximum Gasteiger partial charge on any atom is 0.227 e. The van der Waals surface area contributed by atoms with E-state index >= 15 is 0 Å². The average Bonchev–Trinajstić information content (AvgIpc) is 2.36. The van der Waals surface area contributed by atoms with Crippen LogP contribution in [0, 0.1) is 13.8 Å². The summed E-state index contributed by atoms with van der Waals surface area (Å²) in [5.41, 5.74) is 1.84. The van der Waals surface area contributed by atoms with Gasteiger partial charge in [0.25, 0.3) is 0 Å². The summed E-state index contributed by atoms with van der Waals surface area (Å²) in [5, 5.41) is 3.05. The molecule has 2 aromatic rings. The molecule has 0 aliphatic rings. The highest BCUT2D eigenvalue weighted by Crippen LogP contribution is 2.22. The lowest BCUT2D eigenvalue weighted by Crippen LogP contribution is -2.03. The van der Waals surface area contributed by atoms with E-state index in [2.05, 4.69) is 20.3 Å². The first-order chi connectivity index (χ1) is 8.69. The molecule has 5 nitrogen and oxygen atoms in total. The zero-order chi connectivity index (χ0) is 13.0. The highest BCUT2D eigenvalue weighted by molar-refractivity contribution is 5.35. The second-order valence-corrected chi connectivity index (χ2v) is 3.95. The lowest BCUT2D eigenvalue weighted by Gasteiger charge is -2.09. The molecule has 0 amide bonds. The van der Waals surface area contributed by atoms with Crippen molar-refractivity contribution in [3.05, 3.63) is 35.8 Å². The van der Waals surface area contributed by atoms with E-state index < -0.39 is 0 Å². The minimum absolute atomic E-state index is 0.548. The van der Waals surface area contributed by atoms with Crippen LogP contribution >= 0.6 is 0 Å². The lowest BCUT2D eigenvalue weighted by molar-refractivity contribution is 0.456. The van der Waals surface area contributed by atoms with E-state index in [1.165, 1.54) is 0 Å². The molecule has 2 rings (SSSR count). The van der Waals surface area contributed by atoms with E-state index in [0.717, 1.165) is 17.8 Å². The monoisotopic (exact) mass is 244 g/mol. The Morgan fingerprint density at radius 3 is 2.67 bits per heavy atom. The number of nitrogens with one attached hydrogen (secondary N) is 1. The van der Waals surface area contributed by atoms with E-state index in [4.69, 9.17) is 4.74 Å². The van der Waals surface area contributed by atoms with Crippen LogP contribution in [-0.4, -0.2) is 21.5 Å². The first kappa shape index (κ1) is 12.3. The molecular formula is C13H16N4O. The second-order valence-electron chi connectivity index (χ2n) is 3.95. The van der Waals surface area contributed by atoms with E-state index in [-0.39, 0.29) is 0 Å². The largest absolute Gasteiger partial charge is 0.437 e. The summed E-state index contributed by atoms with van der Waals surface area (Å²) in [6.45, 7) is 6.61. The van der Waals surface area contributed by atoms with Crippen molar-refractivity contribution >= 4 is 5.95 Å². The van der Waals surface area contributed by atoms with Gasteiger partial charge < -0.3 is 10.1 Å². The van der Waals surface area contributed by atoms with Crippen molar-refractivity contribution in [2.75, 3.05) is 11.9 Å². The number of anilines is 1. The van der Waals surface area contributed by atoms with Gasteiger partial charge in [0.1, 0.15) is 5.75 Å². The summed E-state index contributed by atoms with van der Waals surface area (Å²) < 4.78 is 5.70. The van der Waals surface area contributed by atoms with Crippen LogP contribution in [-0.2, 0) is 0 Å². The number of ether oxygens (including phenoxy) is 1. The fourth-order valence-corrected chi connectivity index (χ4v) is 1.40. The van der Waals surface area contributed by atoms with Crippen LogP contribution in [0.4, 0.5) is 5.95 Å². The topological polar surface area (TPSA) is 59.9 Å². The summed E-state index contributed by atoms with van der Waals surface area (Å²) in [4.78, 5) is 12.7. The van der Waals surface area contributed by atoms with Gasteiger partial charge in [-0.25, -0.2) is 4.98 Å². The maximum absolute atomic E-state index is 5.70. The quantitative estimate of drug-likeness (QED) is 0.896. The number of hydrogen-bond acceptors (Lipinski definition) is 5. The zero-order valence-corrected chi connectivity index (χ0v) is 10.8. The second kappa shape index (κ2) is 5.44. The smallest absolute Gasteiger partial charge is 0.227 e. The van der Waals surface area contributed by atoms with Crippen LogP contribution in [0.3, 0.4) is 0 Å². The predicted octanol–water partition coefficient (Wildman–Crippen LogP) is 2.71. The van der Waals surface area contributed by atoms with Gasteiger partial charge in [0.05, 0.1) is 6.20 Å². The SMILES string of the molecule is CCNc1ncc(C)c(Oc2ccc(C)nc2)n1. The molecule has 0 radical (unpaired) electrons. The van der Waals surface area contributed by atoms with Crippen LogP contribution in [0.5, 0.6) is 11.6 Å². The molecule has 18 heavy (non-hydrogen) atoms. The van der Waals surface area contributed by atoms with Gasteiger partial charge in [0.15, 0.2) is 0 Å². The van der Waals surface area contributed by atoms with Gasteiger partial charge in [-0.15, -0.1) is 0 Å². The maximum atomic E-state index is 5.70. The summed E-state index contributed by atoms with van der Waals surface area (Å²) >= 11 is 0. The summed E-state index contributed by atoms with van der Waals surface area (Å²) in [6.07, 6.45) is 3.42. The van der Waals surface area contributed by atoms with Crippen LogP contribution in [0.15, 0.2) is 24.5 Å². The van der Waals surface area contributed by atoms with E-state index in [1.807, 2.05) is 32.9 Å². The van der Waals surface area contributed by atoms with Crippen LogP contribution < -0.4 is 10.1 Å². The molecule has 0 saturated carbocycles. The zero-order valence-electron chi connectivity index (χ0n) is 10.8. The van der Waals surface area contributed by atoms with Crippen LogP contribution in [0.2, 0.25) is 0 Å². The van der Waals surface area contributed by atoms with Crippen molar-refractivity contribution in [1.29, 1.82) is 0 Å². The third kappa shape index (κ3) is 2.94. The van der Waals surface area contributed by atoms with Gasteiger partial charge in [-0.1, -0.05) is 0 Å². The molecule has 0 spiro atoms. The Kier molecular flexibility index (Phi) is 3.72. The third-order valence-corrected chi connectivity index (χ3v) is 2.36. The number of rotatable bonds is 4. The lowest BCUT2D eigenvalue weighted by atomic mass is 10.3. The Hall–Kier alpha value is -2.17. The van der Waals surface area contributed by atoms with Gasteiger partial charge in [0.2, 0.25) is 11.8 Å². The predicted molar refractivity (Wildman–Crippen MR) is 70.0 cm³/mol. The highest BCUT2D eigenvalue weighted by Gasteiger charge is 2.06. The van der Waals surface area contributed by atoms with Crippen molar-refractivity contribution in [2.45, 2.75) is 20.8 Å². The van der Waals surface area contributed by atoms with Crippen molar-refractivity contribution in [3.8, 4) is 11.6 Å². The highest BCUT2D eigenvalue weighted by atomic mass is 16.5. The average molecular weight is 244 g/mol. The first-order valence-electron chi connectivity index (χ1n) is 5.87. The number of aryl methyl sites for hydroxylation is 2.